The monoisotopic (exact) mass is 508 g/mol. The van der Waals surface area contributed by atoms with Crippen LogP contribution in [-0.2, 0) is 33.4 Å². The van der Waals surface area contributed by atoms with Gasteiger partial charge < -0.3 is 14.2 Å². The normalized spacial score (nSPS) is 39.5. The standard InChI is InChI=1S/C29H29FO7/c1-15-18-9-10-19-28-14-35-25(33)22(28)27(2,3)13-12-20(28)36-26(34)29(19,23(15)32)24(18)37-21(31)11-6-16-4-7-17(30)8-5-16/h4-8,11,18-20,22,24H,1,9-10,12-14H2,2-3H3/b11-6+/t18-,19?,20-,22?,24-,28+,29-/m0/s1. The van der Waals surface area contributed by atoms with E-state index in [1.165, 1.54) is 36.4 Å². The van der Waals surface area contributed by atoms with Gasteiger partial charge in [-0.25, -0.2) is 9.18 Å². The van der Waals surface area contributed by atoms with E-state index in [4.69, 9.17) is 14.2 Å². The quantitative estimate of drug-likeness (QED) is 0.265. The number of ketones is 1. The van der Waals surface area contributed by atoms with E-state index >= 15 is 0 Å². The number of ether oxygens (including phenoxy) is 3. The predicted molar refractivity (Wildman–Crippen MR) is 128 cm³/mol. The van der Waals surface area contributed by atoms with Crippen LogP contribution in [0.4, 0.5) is 4.39 Å². The zero-order valence-corrected chi connectivity index (χ0v) is 20.8. The van der Waals surface area contributed by atoms with Crippen LogP contribution in [0, 0.1) is 39.8 Å². The Morgan fingerprint density at radius 2 is 1.86 bits per heavy atom. The Morgan fingerprint density at radius 1 is 1.14 bits per heavy atom. The molecule has 5 aliphatic rings. The Morgan fingerprint density at radius 3 is 2.59 bits per heavy atom. The summed E-state index contributed by atoms with van der Waals surface area (Å²) in [6.45, 7) is 8.09. The average Bonchev–Trinajstić information content (AvgIpc) is 3.27. The molecule has 7 nitrogen and oxygen atoms in total. The highest BCUT2D eigenvalue weighted by atomic mass is 19.1. The van der Waals surface area contributed by atoms with Crippen LogP contribution in [0.15, 0.2) is 42.5 Å². The largest absolute Gasteiger partial charge is 0.465 e. The van der Waals surface area contributed by atoms with Crippen LogP contribution in [-0.4, -0.2) is 42.5 Å². The number of esters is 3. The molecule has 194 valence electrons. The lowest BCUT2D eigenvalue weighted by Gasteiger charge is -2.61. The Kier molecular flexibility index (Phi) is 5.11. The van der Waals surface area contributed by atoms with E-state index in [0.717, 1.165) is 0 Å². The molecule has 6 rings (SSSR count). The molecule has 2 saturated heterocycles. The lowest BCUT2D eigenvalue weighted by atomic mass is 9.43. The summed E-state index contributed by atoms with van der Waals surface area (Å²) < 4.78 is 30.8. The van der Waals surface area contributed by atoms with Crippen molar-refractivity contribution in [2.24, 2.45) is 34.0 Å². The summed E-state index contributed by atoms with van der Waals surface area (Å²) in [6, 6.07) is 5.59. The molecule has 1 aromatic carbocycles. The summed E-state index contributed by atoms with van der Waals surface area (Å²) in [5, 5.41) is 0. The van der Waals surface area contributed by atoms with E-state index < -0.39 is 69.7 Å². The highest BCUT2D eigenvalue weighted by molar-refractivity contribution is 6.16. The number of carbonyl (C=O) groups is 4. The second-order valence-corrected chi connectivity index (χ2v) is 11.8. The van der Waals surface area contributed by atoms with Gasteiger partial charge in [-0.2, -0.15) is 0 Å². The third kappa shape index (κ3) is 3.04. The molecule has 0 N–H and O–H groups in total. The molecule has 2 heterocycles. The fourth-order valence-corrected chi connectivity index (χ4v) is 8.19. The number of benzene rings is 1. The lowest BCUT2D eigenvalue weighted by molar-refractivity contribution is -0.246. The molecule has 1 aromatic rings. The minimum Gasteiger partial charge on any atom is -0.465 e. The fraction of sp³-hybridized carbons (Fsp3) is 0.517. The molecule has 0 amide bonds. The Balaban J connectivity index is 1.40. The molecule has 37 heavy (non-hydrogen) atoms. The maximum absolute atomic E-state index is 13.9. The summed E-state index contributed by atoms with van der Waals surface area (Å²) >= 11 is 0. The number of halogens is 1. The zero-order chi connectivity index (χ0) is 26.3. The Bertz CT molecular complexity index is 1260. The maximum atomic E-state index is 13.9. The van der Waals surface area contributed by atoms with Gasteiger partial charge in [0.15, 0.2) is 11.2 Å². The van der Waals surface area contributed by atoms with Crippen LogP contribution < -0.4 is 0 Å². The molecule has 3 saturated carbocycles. The van der Waals surface area contributed by atoms with E-state index in [1.54, 1.807) is 0 Å². The third-order valence-corrected chi connectivity index (χ3v) is 9.68. The molecule has 3 aliphatic carbocycles. The lowest BCUT2D eigenvalue weighted by Crippen LogP contribution is -2.71. The molecule has 0 radical (unpaired) electrons. The molecular weight excluding hydrogens is 479 g/mol. The number of carbonyl (C=O) groups excluding carboxylic acids is 4. The molecule has 8 heteroatoms. The first-order valence-corrected chi connectivity index (χ1v) is 12.8. The van der Waals surface area contributed by atoms with Crippen molar-refractivity contribution in [3.63, 3.8) is 0 Å². The van der Waals surface area contributed by atoms with Crippen LogP contribution in [0.5, 0.6) is 0 Å². The number of Topliss-reactive ketones (excluding diaryl/α,β-unsaturated/α-hetero) is 1. The van der Waals surface area contributed by atoms with Crippen LogP contribution in [0.2, 0.25) is 0 Å². The number of hydrogen-bond donors (Lipinski definition) is 0. The molecule has 5 fully saturated rings. The summed E-state index contributed by atoms with van der Waals surface area (Å²) in [5.74, 6) is -4.24. The van der Waals surface area contributed by atoms with Gasteiger partial charge in [-0.15, -0.1) is 0 Å². The van der Waals surface area contributed by atoms with E-state index in [1.807, 2.05) is 13.8 Å². The number of cyclic esters (lactones) is 1. The van der Waals surface area contributed by atoms with Crippen LogP contribution in [0.1, 0.15) is 45.1 Å². The van der Waals surface area contributed by atoms with Crippen LogP contribution >= 0.6 is 0 Å². The second-order valence-electron chi connectivity index (χ2n) is 11.8. The molecule has 2 aliphatic heterocycles. The number of fused-ring (bicyclic) bond motifs is 1. The first-order chi connectivity index (χ1) is 17.5. The highest BCUT2D eigenvalue weighted by Gasteiger charge is 2.81. The SMILES string of the molecule is C=C1C(=O)[C@@]23C(=O)O[C@H]4CCC(C)(C)C5C(=O)OC[C@]54C2CC[C@@H]1[C@@H]3OC(=O)/C=C/c1ccc(F)cc1. The van der Waals surface area contributed by atoms with Gasteiger partial charge in [-0.1, -0.05) is 32.6 Å². The number of hydrogen-bond acceptors (Lipinski definition) is 7. The second kappa shape index (κ2) is 7.85. The topological polar surface area (TPSA) is 96.0 Å². The highest BCUT2D eigenvalue weighted by Crippen LogP contribution is 2.71. The van der Waals surface area contributed by atoms with Crippen LogP contribution in [0.3, 0.4) is 0 Å². The fourth-order valence-electron chi connectivity index (χ4n) is 8.19. The van der Waals surface area contributed by atoms with Crippen molar-refractivity contribution in [3.05, 3.63) is 53.9 Å². The third-order valence-electron chi connectivity index (χ3n) is 9.68. The van der Waals surface area contributed by atoms with Gasteiger partial charge in [0, 0.05) is 12.0 Å². The van der Waals surface area contributed by atoms with Crippen molar-refractivity contribution < 1.29 is 37.8 Å². The molecule has 0 aromatic heterocycles. The average molecular weight is 509 g/mol. The van der Waals surface area contributed by atoms with Crippen molar-refractivity contribution >= 4 is 29.8 Å². The van der Waals surface area contributed by atoms with E-state index in [9.17, 15) is 23.6 Å². The van der Waals surface area contributed by atoms with Gasteiger partial charge in [0.05, 0.1) is 11.3 Å². The maximum Gasteiger partial charge on any atom is 0.331 e. The van der Waals surface area contributed by atoms with Gasteiger partial charge >= 0.3 is 17.9 Å². The first kappa shape index (κ1) is 24.1. The van der Waals surface area contributed by atoms with Crippen molar-refractivity contribution in [3.8, 4) is 0 Å². The van der Waals surface area contributed by atoms with Gasteiger partial charge in [0.25, 0.3) is 0 Å². The zero-order valence-electron chi connectivity index (χ0n) is 20.8. The van der Waals surface area contributed by atoms with Crippen molar-refractivity contribution in [1.82, 2.24) is 0 Å². The molecular formula is C29H29FO7. The van der Waals surface area contributed by atoms with Gasteiger partial charge in [0.2, 0.25) is 0 Å². The minimum atomic E-state index is -1.75. The van der Waals surface area contributed by atoms with E-state index in [-0.39, 0.29) is 18.1 Å². The molecule has 2 spiro atoms. The summed E-state index contributed by atoms with van der Waals surface area (Å²) in [6.07, 6.45) is 3.31. The summed E-state index contributed by atoms with van der Waals surface area (Å²) in [7, 11) is 0. The van der Waals surface area contributed by atoms with Crippen LogP contribution in [0.25, 0.3) is 6.08 Å². The van der Waals surface area contributed by atoms with Crippen molar-refractivity contribution in [2.75, 3.05) is 6.61 Å². The minimum absolute atomic E-state index is 0.0693. The van der Waals surface area contributed by atoms with E-state index in [0.29, 0.717) is 31.2 Å². The summed E-state index contributed by atoms with van der Waals surface area (Å²) in [4.78, 5) is 53.8. The number of rotatable bonds is 3. The molecule has 2 bridgehead atoms. The van der Waals surface area contributed by atoms with Gasteiger partial charge in [0.1, 0.15) is 24.6 Å². The Hall–Kier alpha value is -3.29. The molecule has 2 unspecified atom stereocenters. The molecule has 7 atom stereocenters. The van der Waals surface area contributed by atoms with Crippen molar-refractivity contribution in [2.45, 2.75) is 51.7 Å². The predicted octanol–water partition coefficient (Wildman–Crippen LogP) is 3.81. The first-order valence-electron chi connectivity index (χ1n) is 12.8. The van der Waals surface area contributed by atoms with E-state index in [2.05, 4.69) is 6.58 Å². The van der Waals surface area contributed by atoms with Crippen molar-refractivity contribution in [1.29, 1.82) is 0 Å². The van der Waals surface area contributed by atoms with Gasteiger partial charge in [-0.05, 0) is 66.4 Å². The van der Waals surface area contributed by atoms with Gasteiger partial charge in [-0.3, -0.25) is 14.4 Å². The Labute approximate surface area is 214 Å². The summed E-state index contributed by atoms with van der Waals surface area (Å²) in [5.41, 5.74) is -2.18. The smallest absolute Gasteiger partial charge is 0.331 e.